The van der Waals surface area contributed by atoms with Crippen LogP contribution in [0.5, 0.6) is 0 Å². The number of nitrogens with zero attached hydrogens (tertiary/aromatic N) is 1. The fourth-order valence-corrected chi connectivity index (χ4v) is 1.65. The second kappa shape index (κ2) is 5.97. The minimum absolute atomic E-state index is 0.368. The van der Waals surface area contributed by atoms with Crippen LogP contribution in [0.3, 0.4) is 0 Å². The number of nitrogens with one attached hydrogen (secondary N) is 1. The summed E-state index contributed by atoms with van der Waals surface area (Å²) in [5, 5.41) is 3.44. The fraction of sp³-hybridized carbons (Fsp3) is 0.615. The van der Waals surface area contributed by atoms with Gasteiger partial charge in [-0.3, -0.25) is 4.98 Å². The van der Waals surface area contributed by atoms with Gasteiger partial charge < -0.3 is 10.1 Å². The summed E-state index contributed by atoms with van der Waals surface area (Å²) in [6.45, 7) is 4.84. The molecule has 3 heteroatoms. The summed E-state index contributed by atoms with van der Waals surface area (Å²) in [4.78, 5) is 4.01. The molecule has 1 aliphatic carbocycles. The van der Waals surface area contributed by atoms with Gasteiger partial charge in [0.15, 0.2) is 0 Å². The Hall–Kier alpha value is -0.930. The topological polar surface area (TPSA) is 34.1 Å². The summed E-state index contributed by atoms with van der Waals surface area (Å²) in [6.07, 6.45) is 6.38. The smallest absolute Gasteiger partial charge is 0.0591 e. The van der Waals surface area contributed by atoms with Crippen LogP contribution in [0.4, 0.5) is 0 Å². The first-order chi connectivity index (χ1) is 7.86. The standard InChI is InChI=1S/C13H20N2O/c1-11(13-4-6-14-7-5-13)15-8-9-16-10-12-2-3-12/h4-7,11-12,15H,2-3,8-10H2,1H3. The largest absolute Gasteiger partial charge is 0.380 e. The molecule has 88 valence electrons. The van der Waals surface area contributed by atoms with E-state index in [4.69, 9.17) is 4.74 Å². The van der Waals surface area contributed by atoms with Crippen molar-refractivity contribution in [3.8, 4) is 0 Å². The van der Waals surface area contributed by atoms with E-state index in [0.717, 1.165) is 25.7 Å². The summed E-state index contributed by atoms with van der Waals surface area (Å²) < 4.78 is 5.57. The van der Waals surface area contributed by atoms with Crippen molar-refractivity contribution in [3.63, 3.8) is 0 Å². The quantitative estimate of drug-likeness (QED) is 0.715. The van der Waals surface area contributed by atoms with E-state index in [9.17, 15) is 0 Å². The highest BCUT2D eigenvalue weighted by Crippen LogP contribution is 2.28. The third-order valence-corrected chi connectivity index (χ3v) is 2.95. The highest BCUT2D eigenvalue weighted by atomic mass is 16.5. The molecule has 0 aromatic carbocycles. The second-order valence-corrected chi connectivity index (χ2v) is 4.47. The molecule has 1 saturated carbocycles. The molecule has 2 rings (SSSR count). The molecule has 1 aromatic rings. The molecule has 1 fully saturated rings. The Kier molecular flexibility index (Phi) is 4.31. The van der Waals surface area contributed by atoms with Crippen LogP contribution >= 0.6 is 0 Å². The van der Waals surface area contributed by atoms with E-state index in [1.54, 1.807) is 0 Å². The van der Waals surface area contributed by atoms with E-state index in [2.05, 4.69) is 17.2 Å². The zero-order valence-corrected chi connectivity index (χ0v) is 9.86. The molecule has 1 aliphatic rings. The van der Waals surface area contributed by atoms with E-state index in [1.165, 1.54) is 18.4 Å². The molecule has 0 spiro atoms. The molecule has 0 saturated heterocycles. The van der Waals surface area contributed by atoms with Gasteiger partial charge in [-0.1, -0.05) is 0 Å². The average molecular weight is 220 g/mol. The van der Waals surface area contributed by atoms with Crippen molar-refractivity contribution >= 4 is 0 Å². The molecule has 1 atom stereocenters. The van der Waals surface area contributed by atoms with E-state index < -0.39 is 0 Å². The zero-order valence-electron chi connectivity index (χ0n) is 9.86. The first kappa shape index (κ1) is 11.6. The minimum Gasteiger partial charge on any atom is -0.380 e. The summed E-state index contributed by atoms with van der Waals surface area (Å²) in [5.74, 6) is 0.859. The summed E-state index contributed by atoms with van der Waals surface area (Å²) in [7, 11) is 0. The molecule has 0 radical (unpaired) electrons. The number of hydrogen-bond donors (Lipinski definition) is 1. The van der Waals surface area contributed by atoms with Gasteiger partial charge in [-0.25, -0.2) is 0 Å². The van der Waals surface area contributed by atoms with Crippen LogP contribution < -0.4 is 5.32 Å². The average Bonchev–Trinajstić information content (AvgIpc) is 3.13. The van der Waals surface area contributed by atoms with Crippen molar-refractivity contribution in [1.29, 1.82) is 0 Å². The van der Waals surface area contributed by atoms with Gasteiger partial charge in [0.1, 0.15) is 0 Å². The van der Waals surface area contributed by atoms with Crippen LogP contribution in [0, 0.1) is 5.92 Å². The minimum atomic E-state index is 0.368. The molecule has 1 unspecified atom stereocenters. The van der Waals surface area contributed by atoms with Crippen molar-refractivity contribution in [2.45, 2.75) is 25.8 Å². The van der Waals surface area contributed by atoms with Gasteiger partial charge in [0.25, 0.3) is 0 Å². The molecule has 3 nitrogen and oxygen atoms in total. The van der Waals surface area contributed by atoms with Crippen molar-refractivity contribution in [2.75, 3.05) is 19.8 Å². The van der Waals surface area contributed by atoms with Gasteiger partial charge in [0.05, 0.1) is 6.61 Å². The summed E-state index contributed by atoms with van der Waals surface area (Å²) in [5.41, 5.74) is 1.28. The molecule has 0 bridgehead atoms. The van der Waals surface area contributed by atoms with Crippen molar-refractivity contribution in [3.05, 3.63) is 30.1 Å². The predicted molar refractivity (Wildman–Crippen MR) is 64.2 cm³/mol. The molecule has 1 aromatic heterocycles. The lowest BCUT2D eigenvalue weighted by atomic mass is 10.1. The highest BCUT2D eigenvalue weighted by molar-refractivity contribution is 5.13. The van der Waals surface area contributed by atoms with Crippen molar-refractivity contribution < 1.29 is 4.74 Å². The van der Waals surface area contributed by atoms with Crippen LogP contribution in [0.1, 0.15) is 31.4 Å². The molecule has 0 amide bonds. The Morgan fingerprint density at radius 1 is 1.44 bits per heavy atom. The number of rotatable bonds is 7. The first-order valence-corrected chi connectivity index (χ1v) is 6.07. The molecule has 1 N–H and O–H groups in total. The Morgan fingerprint density at radius 2 is 2.19 bits per heavy atom. The van der Waals surface area contributed by atoms with Gasteiger partial charge in [-0.2, -0.15) is 0 Å². The number of hydrogen-bond acceptors (Lipinski definition) is 3. The van der Waals surface area contributed by atoms with E-state index in [1.807, 2.05) is 24.5 Å². The van der Waals surface area contributed by atoms with Gasteiger partial charge >= 0.3 is 0 Å². The van der Waals surface area contributed by atoms with Crippen LogP contribution in [-0.4, -0.2) is 24.7 Å². The lowest BCUT2D eigenvalue weighted by molar-refractivity contribution is 0.124. The third kappa shape index (κ3) is 3.91. The molecular weight excluding hydrogens is 200 g/mol. The molecule has 0 aliphatic heterocycles. The Labute approximate surface area is 97.2 Å². The zero-order chi connectivity index (χ0) is 11.2. The monoisotopic (exact) mass is 220 g/mol. The van der Waals surface area contributed by atoms with E-state index in [0.29, 0.717) is 6.04 Å². The third-order valence-electron chi connectivity index (χ3n) is 2.95. The van der Waals surface area contributed by atoms with Crippen molar-refractivity contribution in [2.24, 2.45) is 5.92 Å². The van der Waals surface area contributed by atoms with Crippen molar-refractivity contribution in [1.82, 2.24) is 10.3 Å². The van der Waals surface area contributed by atoms with Crippen LogP contribution in [-0.2, 0) is 4.74 Å². The normalized spacial score (nSPS) is 17.3. The predicted octanol–water partition coefficient (Wildman–Crippen LogP) is 2.16. The number of pyridine rings is 1. The lowest BCUT2D eigenvalue weighted by Gasteiger charge is -2.13. The van der Waals surface area contributed by atoms with Gasteiger partial charge in [-0.05, 0) is 43.4 Å². The highest BCUT2D eigenvalue weighted by Gasteiger charge is 2.20. The number of aromatic nitrogens is 1. The van der Waals surface area contributed by atoms with Gasteiger partial charge in [-0.15, -0.1) is 0 Å². The van der Waals surface area contributed by atoms with Crippen LogP contribution in [0.2, 0.25) is 0 Å². The maximum absolute atomic E-state index is 5.57. The molecule has 1 heterocycles. The van der Waals surface area contributed by atoms with E-state index >= 15 is 0 Å². The fourth-order valence-electron chi connectivity index (χ4n) is 1.65. The van der Waals surface area contributed by atoms with Crippen LogP contribution in [0.25, 0.3) is 0 Å². The van der Waals surface area contributed by atoms with Gasteiger partial charge in [0, 0.05) is 31.6 Å². The summed E-state index contributed by atoms with van der Waals surface area (Å²) in [6, 6.07) is 4.46. The number of ether oxygens (including phenoxy) is 1. The maximum Gasteiger partial charge on any atom is 0.0591 e. The summed E-state index contributed by atoms with van der Waals surface area (Å²) >= 11 is 0. The van der Waals surface area contributed by atoms with Crippen LogP contribution in [0.15, 0.2) is 24.5 Å². The van der Waals surface area contributed by atoms with E-state index in [-0.39, 0.29) is 0 Å². The lowest BCUT2D eigenvalue weighted by Crippen LogP contribution is -2.23. The SMILES string of the molecule is CC(NCCOCC1CC1)c1ccncc1. The Morgan fingerprint density at radius 3 is 2.88 bits per heavy atom. The second-order valence-electron chi connectivity index (χ2n) is 4.47. The van der Waals surface area contributed by atoms with Gasteiger partial charge in [0.2, 0.25) is 0 Å². The maximum atomic E-state index is 5.57. The Bertz CT molecular complexity index is 298. The Balaban J connectivity index is 1.58. The molecular formula is C13H20N2O. The molecule has 16 heavy (non-hydrogen) atoms. The first-order valence-electron chi connectivity index (χ1n) is 6.07.